The van der Waals surface area contributed by atoms with Gasteiger partial charge in [0, 0.05) is 23.7 Å². The first-order chi connectivity index (χ1) is 14.4. The first-order valence-electron chi connectivity index (χ1n) is 9.91. The highest BCUT2D eigenvalue weighted by atomic mass is 32.2. The third-order valence-electron chi connectivity index (χ3n) is 5.37. The lowest BCUT2D eigenvalue weighted by Crippen LogP contribution is -2.52. The number of carbonyl (C=O) groups is 1. The Kier molecular flexibility index (Phi) is 6.50. The molecule has 2 N–H and O–H groups in total. The van der Waals surface area contributed by atoms with Gasteiger partial charge in [0.25, 0.3) is 5.91 Å². The molecule has 0 unspecified atom stereocenters. The van der Waals surface area contributed by atoms with Gasteiger partial charge >= 0.3 is 0 Å². The Labute approximate surface area is 180 Å². The topological polar surface area (TPSA) is 86.7 Å². The van der Waals surface area contributed by atoms with Crippen LogP contribution in [0, 0.1) is 11.6 Å². The van der Waals surface area contributed by atoms with Gasteiger partial charge in [-0.2, -0.15) is 0 Å². The second-order valence-electron chi connectivity index (χ2n) is 8.37. The molecule has 1 amide bonds. The van der Waals surface area contributed by atoms with Gasteiger partial charge in [-0.05, 0) is 38.3 Å². The van der Waals surface area contributed by atoms with Gasteiger partial charge in [-0.3, -0.25) is 4.79 Å². The van der Waals surface area contributed by atoms with Crippen LogP contribution in [0.4, 0.5) is 8.78 Å². The van der Waals surface area contributed by atoms with E-state index in [4.69, 9.17) is 0 Å². The zero-order valence-electron chi connectivity index (χ0n) is 17.6. The van der Waals surface area contributed by atoms with Gasteiger partial charge in [0.2, 0.25) is 10.0 Å². The van der Waals surface area contributed by atoms with Crippen molar-refractivity contribution in [3.05, 3.63) is 59.7 Å². The van der Waals surface area contributed by atoms with E-state index in [1.54, 1.807) is 12.1 Å². The summed E-state index contributed by atoms with van der Waals surface area (Å²) in [6, 6.07) is 9.09. The second kappa shape index (κ2) is 8.64. The second-order valence-corrected chi connectivity index (χ2v) is 10.2. The predicted molar refractivity (Wildman–Crippen MR) is 114 cm³/mol. The first-order valence-corrected chi connectivity index (χ1v) is 11.8. The van der Waals surface area contributed by atoms with E-state index in [1.807, 2.05) is 0 Å². The number of amides is 1. The van der Waals surface area contributed by atoms with E-state index in [1.165, 1.54) is 49.1 Å². The molecule has 1 saturated heterocycles. The molecule has 1 fully saturated rings. The Hall–Kier alpha value is -2.36. The predicted octanol–water partition coefficient (Wildman–Crippen LogP) is 2.46. The standard InChI is InChI=1S/C22H26F2N2O4S/c1-22(2,28)21(27)26-12-11-18(25-31(3,29)30)19(26)13-14-7-6-9-16(20(14)24)15-8-4-5-10-17(15)23/h4-10,18-19,25,28H,11-13H2,1-3H3/t18-,19-/m0/s1. The molecule has 1 aliphatic rings. The molecule has 6 nitrogen and oxygen atoms in total. The lowest BCUT2D eigenvalue weighted by atomic mass is 9.95. The molecule has 0 radical (unpaired) electrons. The molecule has 0 aromatic heterocycles. The van der Waals surface area contributed by atoms with Crippen LogP contribution in [0.2, 0.25) is 0 Å². The maximum atomic E-state index is 15.4. The average molecular weight is 453 g/mol. The van der Waals surface area contributed by atoms with Crippen LogP contribution in [0.1, 0.15) is 25.8 Å². The lowest BCUT2D eigenvalue weighted by Gasteiger charge is -2.32. The molecule has 2 atom stereocenters. The summed E-state index contributed by atoms with van der Waals surface area (Å²) in [4.78, 5) is 14.1. The molecular weight excluding hydrogens is 426 g/mol. The highest BCUT2D eigenvalue weighted by Gasteiger charge is 2.42. The van der Waals surface area contributed by atoms with Crippen molar-refractivity contribution in [2.45, 2.75) is 44.4 Å². The minimum absolute atomic E-state index is 0.00311. The number of aliphatic hydroxyl groups is 1. The number of nitrogens with one attached hydrogen (secondary N) is 1. The maximum absolute atomic E-state index is 15.4. The summed E-state index contributed by atoms with van der Waals surface area (Å²) < 4.78 is 55.7. The van der Waals surface area contributed by atoms with Crippen molar-refractivity contribution in [3.8, 4) is 11.1 Å². The minimum Gasteiger partial charge on any atom is -0.381 e. The molecule has 2 aromatic carbocycles. The average Bonchev–Trinajstić information content (AvgIpc) is 3.03. The number of hydrogen-bond acceptors (Lipinski definition) is 4. The van der Waals surface area contributed by atoms with Gasteiger partial charge in [-0.15, -0.1) is 0 Å². The van der Waals surface area contributed by atoms with Crippen LogP contribution >= 0.6 is 0 Å². The van der Waals surface area contributed by atoms with Gasteiger partial charge in [-0.25, -0.2) is 21.9 Å². The van der Waals surface area contributed by atoms with E-state index in [0.717, 1.165) is 6.26 Å². The van der Waals surface area contributed by atoms with Crippen molar-refractivity contribution in [2.24, 2.45) is 0 Å². The smallest absolute Gasteiger partial charge is 0.254 e. The molecule has 0 saturated carbocycles. The summed E-state index contributed by atoms with van der Waals surface area (Å²) in [7, 11) is -3.58. The number of hydrogen-bond donors (Lipinski definition) is 2. The fourth-order valence-electron chi connectivity index (χ4n) is 3.97. The summed E-state index contributed by atoms with van der Waals surface area (Å²) in [6.45, 7) is 2.92. The number of sulfonamides is 1. The molecule has 31 heavy (non-hydrogen) atoms. The number of halogens is 2. The van der Waals surface area contributed by atoms with Crippen molar-refractivity contribution >= 4 is 15.9 Å². The lowest BCUT2D eigenvalue weighted by molar-refractivity contribution is -0.148. The van der Waals surface area contributed by atoms with E-state index in [0.29, 0.717) is 6.42 Å². The quantitative estimate of drug-likeness (QED) is 0.705. The Morgan fingerprint density at radius 3 is 2.42 bits per heavy atom. The third-order valence-corrected chi connectivity index (χ3v) is 6.10. The highest BCUT2D eigenvalue weighted by Crippen LogP contribution is 2.31. The normalized spacial score (nSPS) is 19.6. The van der Waals surface area contributed by atoms with Crippen LogP contribution in [-0.4, -0.2) is 54.8 Å². The van der Waals surface area contributed by atoms with Crippen molar-refractivity contribution in [1.29, 1.82) is 0 Å². The molecule has 2 aromatic rings. The molecule has 1 heterocycles. The van der Waals surface area contributed by atoms with Crippen LogP contribution in [-0.2, 0) is 21.2 Å². The van der Waals surface area contributed by atoms with Crippen LogP contribution in [0.3, 0.4) is 0 Å². The summed E-state index contributed by atoms with van der Waals surface area (Å²) in [5, 5.41) is 10.2. The molecule has 9 heteroatoms. The monoisotopic (exact) mass is 452 g/mol. The van der Waals surface area contributed by atoms with E-state index < -0.39 is 45.2 Å². The number of nitrogens with zero attached hydrogens (tertiary/aromatic N) is 1. The summed E-state index contributed by atoms with van der Waals surface area (Å²) in [5.41, 5.74) is -1.24. The summed E-state index contributed by atoms with van der Waals surface area (Å²) >= 11 is 0. The SMILES string of the molecule is CC(C)(O)C(=O)N1CC[C@H](NS(C)(=O)=O)[C@@H]1Cc1cccc(-c2ccccc2F)c1F. The molecule has 0 aliphatic carbocycles. The van der Waals surface area contributed by atoms with E-state index in [2.05, 4.69) is 4.72 Å². The number of rotatable bonds is 6. The Morgan fingerprint density at radius 1 is 1.16 bits per heavy atom. The number of likely N-dealkylation sites (tertiary alicyclic amines) is 1. The van der Waals surface area contributed by atoms with Crippen molar-refractivity contribution in [1.82, 2.24) is 9.62 Å². The van der Waals surface area contributed by atoms with Gasteiger partial charge in [0.15, 0.2) is 0 Å². The largest absolute Gasteiger partial charge is 0.381 e. The van der Waals surface area contributed by atoms with Crippen molar-refractivity contribution in [2.75, 3.05) is 12.8 Å². The molecule has 1 aliphatic heterocycles. The summed E-state index contributed by atoms with van der Waals surface area (Å²) in [6.07, 6.45) is 1.35. The first kappa shape index (κ1) is 23.3. The Bertz CT molecular complexity index is 1080. The fraction of sp³-hybridized carbons (Fsp3) is 0.409. The minimum atomic E-state index is -3.58. The van der Waals surface area contributed by atoms with Gasteiger partial charge in [0.1, 0.15) is 17.2 Å². The van der Waals surface area contributed by atoms with E-state index in [9.17, 15) is 22.7 Å². The fourth-order valence-corrected chi connectivity index (χ4v) is 4.80. The molecule has 0 spiro atoms. The van der Waals surface area contributed by atoms with Crippen LogP contribution in [0.5, 0.6) is 0 Å². The van der Waals surface area contributed by atoms with Crippen LogP contribution in [0.15, 0.2) is 42.5 Å². The van der Waals surface area contributed by atoms with Crippen LogP contribution in [0.25, 0.3) is 11.1 Å². The van der Waals surface area contributed by atoms with Crippen molar-refractivity contribution < 1.29 is 27.1 Å². The molecule has 3 rings (SSSR count). The number of carbonyl (C=O) groups excluding carboxylic acids is 1. The zero-order valence-corrected chi connectivity index (χ0v) is 18.4. The Balaban J connectivity index is 1.99. The van der Waals surface area contributed by atoms with E-state index in [-0.39, 0.29) is 29.7 Å². The summed E-state index contributed by atoms with van der Waals surface area (Å²) in [5.74, 6) is -1.76. The van der Waals surface area contributed by atoms with Gasteiger partial charge < -0.3 is 10.0 Å². The highest BCUT2D eigenvalue weighted by molar-refractivity contribution is 7.88. The third kappa shape index (κ3) is 5.28. The van der Waals surface area contributed by atoms with Gasteiger partial charge in [0.05, 0.1) is 12.3 Å². The molecule has 168 valence electrons. The zero-order chi connectivity index (χ0) is 23.0. The number of benzene rings is 2. The van der Waals surface area contributed by atoms with Crippen LogP contribution < -0.4 is 4.72 Å². The van der Waals surface area contributed by atoms with Crippen molar-refractivity contribution in [3.63, 3.8) is 0 Å². The molecular formula is C22H26F2N2O4S. The Morgan fingerprint density at radius 2 is 1.81 bits per heavy atom. The van der Waals surface area contributed by atoms with Gasteiger partial charge in [-0.1, -0.05) is 36.4 Å². The molecule has 0 bridgehead atoms. The maximum Gasteiger partial charge on any atom is 0.254 e. The van der Waals surface area contributed by atoms with E-state index >= 15 is 4.39 Å².